The molecule has 2 amide bonds. The van der Waals surface area contributed by atoms with Gasteiger partial charge < -0.3 is 10.4 Å². The van der Waals surface area contributed by atoms with Crippen LogP contribution in [0.1, 0.15) is 24.0 Å². The summed E-state index contributed by atoms with van der Waals surface area (Å²) >= 11 is 0. The summed E-state index contributed by atoms with van der Waals surface area (Å²) in [6, 6.07) is 8.71. The molecule has 7 nitrogen and oxygen atoms in total. The lowest BCUT2D eigenvalue weighted by Gasteiger charge is -2.24. The van der Waals surface area contributed by atoms with Crippen molar-refractivity contribution in [3.63, 3.8) is 0 Å². The standard InChI is InChI=1S/C18H18N4O3/c1-11-5-6-12(2)14(10-11)22-16(24)8-7-13(21-22)18(25)20-17-15(23)4-3-9-19-17/h3-6,9-10,23H,7-8H2,1-2H3,(H,19,20,25). The third-order valence-corrected chi connectivity index (χ3v) is 3.91. The zero-order valence-corrected chi connectivity index (χ0v) is 14.0. The zero-order valence-electron chi connectivity index (χ0n) is 14.0. The molecule has 0 spiro atoms. The van der Waals surface area contributed by atoms with Gasteiger partial charge in [-0.15, -0.1) is 0 Å². The van der Waals surface area contributed by atoms with Crippen molar-refractivity contribution in [1.29, 1.82) is 0 Å². The van der Waals surface area contributed by atoms with Crippen LogP contribution in [0.3, 0.4) is 0 Å². The van der Waals surface area contributed by atoms with Crippen molar-refractivity contribution < 1.29 is 14.7 Å². The number of aromatic nitrogens is 1. The first-order valence-corrected chi connectivity index (χ1v) is 7.88. The second-order valence-corrected chi connectivity index (χ2v) is 5.87. The Kier molecular flexibility index (Phi) is 4.47. The van der Waals surface area contributed by atoms with Gasteiger partial charge in [0.25, 0.3) is 5.91 Å². The molecule has 2 aromatic rings. The van der Waals surface area contributed by atoms with Crippen LogP contribution in [-0.4, -0.2) is 27.6 Å². The zero-order chi connectivity index (χ0) is 18.0. The number of aromatic hydroxyl groups is 1. The summed E-state index contributed by atoms with van der Waals surface area (Å²) in [6.45, 7) is 3.82. The molecule has 1 aromatic heterocycles. The fourth-order valence-corrected chi connectivity index (χ4v) is 2.53. The van der Waals surface area contributed by atoms with Gasteiger partial charge in [0.2, 0.25) is 5.91 Å². The maximum absolute atomic E-state index is 12.4. The van der Waals surface area contributed by atoms with Crippen LogP contribution >= 0.6 is 0 Å². The van der Waals surface area contributed by atoms with Crippen molar-refractivity contribution >= 4 is 29.0 Å². The van der Waals surface area contributed by atoms with Crippen LogP contribution < -0.4 is 10.3 Å². The monoisotopic (exact) mass is 338 g/mol. The van der Waals surface area contributed by atoms with Crippen molar-refractivity contribution in [2.75, 3.05) is 10.3 Å². The van der Waals surface area contributed by atoms with E-state index < -0.39 is 5.91 Å². The van der Waals surface area contributed by atoms with Crippen molar-refractivity contribution in [1.82, 2.24) is 4.98 Å². The summed E-state index contributed by atoms with van der Waals surface area (Å²) in [5.41, 5.74) is 2.77. The van der Waals surface area contributed by atoms with Crippen LogP contribution in [0.5, 0.6) is 5.75 Å². The molecular weight excluding hydrogens is 320 g/mol. The second-order valence-electron chi connectivity index (χ2n) is 5.87. The van der Waals surface area contributed by atoms with E-state index in [2.05, 4.69) is 15.4 Å². The van der Waals surface area contributed by atoms with E-state index in [1.165, 1.54) is 17.3 Å². The van der Waals surface area contributed by atoms with E-state index in [-0.39, 0.29) is 36.0 Å². The summed E-state index contributed by atoms with van der Waals surface area (Å²) in [4.78, 5) is 28.6. The van der Waals surface area contributed by atoms with Gasteiger partial charge in [-0.05, 0) is 43.2 Å². The second kappa shape index (κ2) is 6.72. The maximum atomic E-state index is 12.4. The van der Waals surface area contributed by atoms with E-state index in [1.54, 1.807) is 6.07 Å². The molecule has 7 heteroatoms. The average molecular weight is 338 g/mol. The minimum atomic E-state index is -0.489. The number of benzene rings is 1. The van der Waals surface area contributed by atoms with E-state index in [4.69, 9.17) is 0 Å². The smallest absolute Gasteiger partial charge is 0.273 e. The van der Waals surface area contributed by atoms with E-state index >= 15 is 0 Å². The molecular formula is C18H18N4O3. The van der Waals surface area contributed by atoms with E-state index in [1.807, 2.05) is 32.0 Å². The number of rotatable bonds is 3. The number of anilines is 2. The molecule has 1 aliphatic rings. The summed E-state index contributed by atoms with van der Waals surface area (Å²) in [6.07, 6.45) is 1.89. The van der Waals surface area contributed by atoms with Gasteiger partial charge in [-0.2, -0.15) is 5.10 Å². The summed E-state index contributed by atoms with van der Waals surface area (Å²) in [5, 5.41) is 17.8. The predicted molar refractivity (Wildman–Crippen MR) is 94.6 cm³/mol. The van der Waals surface area contributed by atoms with Gasteiger partial charge in [-0.1, -0.05) is 12.1 Å². The Labute approximate surface area is 145 Å². The molecule has 1 aliphatic heterocycles. The Bertz CT molecular complexity index is 876. The normalized spacial score (nSPS) is 14.2. The predicted octanol–water partition coefficient (Wildman–Crippen LogP) is 2.53. The molecule has 0 saturated heterocycles. The molecule has 0 unspecified atom stereocenters. The lowest BCUT2D eigenvalue weighted by Crippen LogP contribution is -2.36. The number of pyridine rings is 1. The molecule has 0 fully saturated rings. The van der Waals surface area contributed by atoms with Gasteiger partial charge in [0.05, 0.1) is 5.69 Å². The molecule has 0 bridgehead atoms. The molecule has 128 valence electrons. The number of nitrogens with one attached hydrogen (secondary N) is 1. The average Bonchev–Trinajstić information content (AvgIpc) is 2.59. The lowest BCUT2D eigenvalue weighted by atomic mass is 10.1. The van der Waals surface area contributed by atoms with Gasteiger partial charge in [0.1, 0.15) is 5.71 Å². The van der Waals surface area contributed by atoms with Crippen LogP contribution in [-0.2, 0) is 9.59 Å². The van der Waals surface area contributed by atoms with Crippen LogP contribution in [0.15, 0.2) is 41.6 Å². The molecule has 0 atom stereocenters. The van der Waals surface area contributed by atoms with Crippen LogP contribution in [0, 0.1) is 13.8 Å². The maximum Gasteiger partial charge on any atom is 0.273 e. The fraction of sp³-hybridized carbons (Fsp3) is 0.222. The SMILES string of the molecule is Cc1ccc(C)c(N2N=C(C(=O)Nc3ncccc3O)CCC2=O)c1. The quantitative estimate of drug-likeness (QED) is 0.899. The number of carbonyl (C=O) groups is 2. The molecule has 2 N–H and O–H groups in total. The third kappa shape index (κ3) is 3.50. The number of carbonyl (C=O) groups excluding carboxylic acids is 2. The Morgan fingerprint density at radius 3 is 2.80 bits per heavy atom. The Balaban J connectivity index is 1.89. The Hall–Kier alpha value is -3.22. The topological polar surface area (TPSA) is 94.9 Å². The number of hydrazone groups is 1. The molecule has 2 heterocycles. The van der Waals surface area contributed by atoms with Crippen LogP contribution in [0.4, 0.5) is 11.5 Å². The highest BCUT2D eigenvalue weighted by Gasteiger charge is 2.27. The summed E-state index contributed by atoms with van der Waals surface area (Å²) in [7, 11) is 0. The Morgan fingerprint density at radius 1 is 1.24 bits per heavy atom. The number of hydrogen-bond acceptors (Lipinski definition) is 5. The van der Waals surface area contributed by atoms with Crippen molar-refractivity contribution in [2.45, 2.75) is 26.7 Å². The highest BCUT2D eigenvalue weighted by atomic mass is 16.3. The third-order valence-electron chi connectivity index (χ3n) is 3.91. The molecule has 0 radical (unpaired) electrons. The number of nitrogens with zero attached hydrogens (tertiary/aromatic N) is 3. The van der Waals surface area contributed by atoms with Gasteiger partial charge in [0, 0.05) is 19.0 Å². The molecule has 0 saturated carbocycles. The molecule has 1 aromatic carbocycles. The highest BCUT2D eigenvalue weighted by molar-refractivity contribution is 6.44. The highest BCUT2D eigenvalue weighted by Crippen LogP contribution is 2.26. The minimum Gasteiger partial charge on any atom is -0.504 e. The summed E-state index contributed by atoms with van der Waals surface area (Å²) in [5.74, 6) is -0.720. The van der Waals surface area contributed by atoms with Crippen molar-refractivity contribution in [3.05, 3.63) is 47.7 Å². The van der Waals surface area contributed by atoms with Crippen LogP contribution in [0.2, 0.25) is 0 Å². The first-order chi connectivity index (χ1) is 12.0. The van der Waals surface area contributed by atoms with Crippen LogP contribution in [0.25, 0.3) is 0 Å². The lowest BCUT2D eigenvalue weighted by molar-refractivity contribution is -0.118. The van der Waals surface area contributed by atoms with Gasteiger partial charge in [-0.25, -0.2) is 9.99 Å². The Morgan fingerprint density at radius 2 is 2.04 bits per heavy atom. The van der Waals surface area contributed by atoms with E-state index in [0.29, 0.717) is 5.69 Å². The van der Waals surface area contributed by atoms with Gasteiger partial charge >= 0.3 is 0 Å². The largest absolute Gasteiger partial charge is 0.504 e. The summed E-state index contributed by atoms with van der Waals surface area (Å²) < 4.78 is 0. The first-order valence-electron chi connectivity index (χ1n) is 7.88. The van der Waals surface area contributed by atoms with Crippen molar-refractivity contribution in [3.8, 4) is 5.75 Å². The number of aryl methyl sites for hydroxylation is 2. The van der Waals surface area contributed by atoms with E-state index in [9.17, 15) is 14.7 Å². The van der Waals surface area contributed by atoms with Gasteiger partial charge in [0.15, 0.2) is 11.6 Å². The van der Waals surface area contributed by atoms with Crippen molar-refractivity contribution in [2.24, 2.45) is 5.10 Å². The number of hydrogen-bond donors (Lipinski definition) is 2. The molecule has 25 heavy (non-hydrogen) atoms. The molecule has 0 aliphatic carbocycles. The molecule has 3 rings (SSSR count). The number of amides is 2. The van der Waals surface area contributed by atoms with Gasteiger partial charge in [-0.3, -0.25) is 9.59 Å². The minimum absolute atomic E-state index is 0.0605. The first kappa shape index (κ1) is 16.6. The van der Waals surface area contributed by atoms with E-state index in [0.717, 1.165) is 11.1 Å². The fourth-order valence-electron chi connectivity index (χ4n) is 2.53.